The van der Waals surface area contributed by atoms with Gasteiger partial charge < -0.3 is 15.7 Å². The minimum atomic E-state index is -0.237. The van der Waals surface area contributed by atoms with Crippen LogP contribution < -0.4 is 10.6 Å². The maximum Gasteiger partial charge on any atom is 0.227 e. The number of hydrogen-bond acceptors (Lipinski definition) is 3. The summed E-state index contributed by atoms with van der Waals surface area (Å²) in [5.41, 5.74) is -0.237. The van der Waals surface area contributed by atoms with Gasteiger partial charge in [-0.15, -0.1) is 0 Å². The quantitative estimate of drug-likeness (QED) is 0.644. The van der Waals surface area contributed by atoms with Crippen molar-refractivity contribution in [3.63, 3.8) is 0 Å². The van der Waals surface area contributed by atoms with Crippen LogP contribution in [0.1, 0.15) is 33.6 Å². The molecule has 1 rings (SSSR count). The number of hydrogen-bond donors (Lipinski definition) is 3. The molecule has 1 saturated heterocycles. The Bertz CT molecular complexity index is 248. The van der Waals surface area contributed by atoms with E-state index >= 15 is 0 Å². The molecule has 100 valence electrons. The Hall–Kier alpha value is -0.610. The molecule has 2 unspecified atom stereocenters. The Morgan fingerprint density at radius 1 is 1.47 bits per heavy atom. The van der Waals surface area contributed by atoms with E-state index in [2.05, 4.69) is 24.5 Å². The highest BCUT2D eigenvalue weighted by Crippen LogP contribution is 2.34. The third-order valence-electron chi connectivity index (χ3n) is 3.98. The largest absolute Gasteiger partial charge is 0.396 e. The Morgan fingerprint density at radius 2 is 2.18 bits per heavy atom. The minimum Gasteiger partial charge on any atom is -0.396 e. The molecule has 17 heavy (non-hydrogen) atoms. The third kappa shape index (κ3) is 3.42. The lowest BCUT2D eigenvalue weighted by molar-refractivity contribution is -0.132. The first kappa shape index (κ1) is 14.5. The SMILES string of the molecule is CC(CCO)CNC(=O)C1(C(C)C)CCNC1. The number of aliphatic hydroxyl groups excluding tert-OH is 1. The molecular weight excluding hydrogens is 216 g/mol. The third-order valence-corrected chi connectivity index (χ3v) is 3.98. The number of nitrogens with one attached hydrogen (secondary N) is 2. The first-order valence-electron chi connectivity index (χ1n) is 6.63. The van der Waals surface area contributed by atoms with Crippen molar-refractivity contribution in [2.75, 3.05) is 26.2 Å². The van der Waals surface area contributed by atoms with E-state index in [1.54, 1.807) is 0 Å². The smallest absolute Gasteiger partial charge is 0.227 e. The molecule has 2 atom stereocenters. The predicted octanol–water partition coefficient (Wildman–Crippen LogP) is 0.757. The molecule has 0 saturated carbocycles. The fraction of sp³-hybridized carbons (Fsp3) is 0.923. The predicted molar refractivity (Wildman–Crippen MR) is 68.6 cm³/mol. The van der Waals surface area contributed by atoms with Crippen molar-refractivity contribution in [3.05, 3.63) is 0 Å². The number of carbonyl (C=O) groups is 1. The van der Waals surface area contributed by atoms with Gasteiger partial charge in [0.1, 0.15) is 0 Å². The number of carbonyl (C=O) groups excluding carboxylic acids is 1. The van der Waals surface area contributed by atoms with Crippen molar-refractivity contribution < 1.29 is 9.90 Å². The second-order valence-electron chi connectivity index (χ2n) is 5.57. The van der Waals surface area contributed by atoms with Crippen LogP contribution in [0.4, 0.5) is 0 Å². The van der Waals surface area contributed by atoms with Crippen LogP contribution in [0, 0.1) is 17.3 Å². The van der Waals surface area contributed by atoms with Crippen LogP contribution in [-0.2, 0) is 4.79 Å². The van der Waals surface area contributed by atoms with Gasteiger partial charge in [-0.25, -0.2) is 0 Å². The first-order chi connectivity index (χ1) is 8.03. The molecular formula is C13H26N2O2. The van der Waals surface area contributed by atoms with Crippen LogP contribution in [0.3, 0.4) is 0 Å². The summed E-state index contributed by atoms with van der Waals surface area (Å²) >= 11 is 0. The van der Waals surface area contributed by atoms with E-state index in [9.17, 15) is 4.79 Å². The summed E-state index contributed by atoms with van der Waals surface area (Å²) in [5.74, 6) is 0.857. The van der Waals surface area contributed by atoms with Gasteiger partial charge in [-0.05, 0) is 31.2 Å². The Labute approximate surface area is 104 Å². The van der Waals surface area contributed by atoms with Gasteiger partial charge in [-0.2, -0.15) is 0 Å². The summed E-state index contributed by atoms with van der Waals surface area (Å²) < 4.78 is 0. The molecule has 0 radical (unpaired) electrons. The van der Waals surface area contributed by atoms with Crippen LogP contribution in [0.15, 0.2) is 0 Å². The van der Waals surface area contributed by atoms with Crippen LogP contribution in [0.5, 0.6) is 0 Å². The molecule has 0 aromatic rings. The molecule has 1 amide bonds. The van der Waals surface area contributed by atoms with Crippen molar-refractivity contribution in [3.8, 4) is 0 Å². The van der Waals surface area contributed by atoms with Gasteiger partial charge in [0.05, 0.1) is 5.41 Å². The molecule has 1 aliphatic rings. The van der Waals surface area contributed by atoms with Crippen LogP contribution in [0.2, 0.25) is 0 Å². The highest BCUT2D eigenvalue weighted by atomic mass is 16.3. The van der Waals surface area contributed by atoms with Crippen molar-refractivity contribution in [1.29, 1.82) is 0 Å². The number of rotatable bonds is 6. The zero-order valence-corrected chi connectivity index (χ0v) is 11.3. The number of amides is 1. The van der Waals surface area contributed by atoms with Gasteiger partial charge in [0, 0.05) is 19.7 Å². The second kappa shape index (κ2) is 6.36. The van der Waals surface area contributed by atoms with Gasteiger partial charge in [-0.3, -0.25) is 4.79 Å². The average molecular weight is 242 g/mol. The molecule has 1 fully saturated rings. The molecule has 0 aromatic carbocycles. The summed E-state index contributed by atoms with van der Waals surface area (Å²) in [4.78, 5) is 12.3. The molecule has 0 bridgehead atoms. The van der Waals surface area contributed by atoms with Crippen molar-refractivity contribution in [1.82, 2.24) is 10.6 Å². The van der Waals surface area contributed by atoms with E-state index < -0.39 is 0 Å². The molecule has 0 aromatic heterocycles. The average Bonchev–Trinajstić information content (AvgIpc) is 2.76. The Balaban J connectivity index is 2.49. The van der Waals surface area contributed by atoms with Crippen molar-refractivity contribution in [2.45, 2.75) is 33.6 Å². The van der Waals surface area contributed by atoms with E-state index in [-0.39, 0.29) is 17.9 Å². The highest BCUT2D eigenvalue weighted by molar-refractivity contribution is 5.83. The molecule has 1 aliphatic heterocycles. The summed E-state index contributed by atoms with van der Waals surface area (Å²) in [6.45, 7) is 8.84. The highest BCUT2D eigenvalue weighted by Gasteiger charge is 2.43. The van der Waals surface area contributed by atoms with Gasteiger partial charge in [0.2, 0.25) is 5.91 Å². The lowest BCUT2D eigenvalue weighted by Crippen LogP contribution is -2.47. The number of aliphatic hydroxyl groups is 1. The minimum absolute atomic E-state index is 0.169. The standard InChI is InChI=1S/C13H26N2O2/c1-10(2)13(5-6-14-9-13)12(17)15-8-11(3)4-7-16/h10-11,14,16H,4-9H2,1-3H3,(H,15,17). The van der Waals surface area contributed by atoms with Gasteiger partial charge in [-0.1, -0.05) is 20.8 Å². The van der Waals surface area contributed by atoms with E-state index in [0.29, 0.717) is 18.4 Å². The Kier molecular flexibility index (Phi) is 5.40. The summed E-state index contributed by atoms with van der Waals surface area (Å²) in [6, 6.07) is 0. The summed E-state index contributed by atoms with van der Waals surface area (Å²) in [7, 11) is 0. The maximum atomic E-state index is 12.3. The van der Waals surface area contributed by atoms with Crippen molar-refractivity contribution in [2.24, 2.45) is 17.3 Å². The molecule has 1 heterocycles. The molecule has 4 nitrogen and oxygen atoms in total. The van der Waals surface area contributed by atoms with Gasteiger partial charge in [0.25, 0.3) is 0 Å². The molecule has 0 spiro atoms. The van der Waals surface area contributed by atoms with Gasteiger partial charge >= 0.3 is 0 Å². The molecule has 3 N–H and O–H groups in total. The maximum absolute atomic E-state index is 12.3. The summed E-state index contributed by atoms with van der Waals surface area (Å²) in [6.07, 6.45) is 1.66. The van der Waals surface area contributed by atoms with Crippen LogP contribution in [0.25, 0.3) is 0 Å². The fourth-order valence-corrected chi connectivity index (χ4v) is 2.43. The first-order valence-corrected chi connectivity index (χ1v) is 6.63. The summed E-state index contributed by atoms with van der Waals surface area (Å²) in [5, 5.41) is 15.2. The van der Waals surface area contributed by atoms with Crippen LogP contribution >= 0.6 is 0 Å². The Morgan fingerprint density at radius 3 is 2.65 bits per heavy atom. The zero-order valence-electron chi connectivity index (χ0n) is 11.3. The van der Waals surface area contributed by atoms with E-state index in [1.165, 1.54) is 0 Å². The molecule has 4 heteroatoms. The fourth-order valence-electron chi connectivity index (χ4n) is 2.43. The lowest BCUT2D eigenvalue weighted by atomic mass is 9.75. The van der Waals surface area contributed by atoms with E-state index in [4.69, 9.17) is 5.11 Å². The topological polar surface area (TPSA) is 61.4 Å². The van der Waals surface area contributed by atoms with E-state index in [1.807, 2.05) is 6.92 Å². The van der Waals surface area contributed by atoms with Gasteiger partial charge in [0.15, 0.2) is 0 Å². The molecule has 0 aliphatic carbocycles. The second-order valence-corrected chi connectivity index (χ2v) is 5.57. The normalized spacial score (nSPS) is 26.2. The lowest BCUT2D eigenvalue weighted by Gasteiger charge is -2.31. The van der Waals surface area contributed by atoms with E-state index in [0.717, 1.165) is 25.9 Å². The van der Waals surface area contributed by atoms with Crippen LogP contribution in [-0.4, -0.2) is 37.3 Å². The zero-order chi connectivity index (χ0) is 12.9. The monoisotopic (exact) mass is 242 g/mol. The van der Waals surface area contributed by atoms with Crippen molar-refractivity contribution >= 4 is 5.91 Å².